The Morgan fingerprint density at radius 1 is 1.00 bits per heavy atom. The normalized spacial score (nSPS) is 12.3. The highest BCUT2D eigenvalue weighted by Gasteiger charge is 2.02. The number of aryl methyl sites for hydroxylation is 1. The first-order valence-corrected chi connectivity index (χ1v) is 7.13. The van der Waals surface area contributed by atoms with Crippen LogP contribution >= 0.6 is 11.6 Å². The Hall–Kier alpha value is -1.31. The van der Waals surface area contributed by atoms with Crippen molar-refractivity contribution in [1.82, 2.24) is 5.32 Å². The summed E-state index contributed by atoms with van der Waals surface area (Å²) in [4.78, 5) is 0. The van der Waals surface area contributed by atoms with E-state index in [0.29, 0.717) is 6.04 Å². The molecule has 100 valence electrons. The van der Waals surface area contributed by atoms with Crippen molar-refractivity contribution in [2.45, 2.75) is 32.4 Å². The quantitative estimate of drug-likeness (QED) is 0.820. The molecule has 2 aromatic rings. The van der Waals surface area contributed by atoms with E-state index in [4.69, 9.17) is 11.6 Å². The fourth-order valence-electron chi connectivity index (χ4n) is 2.07. The molecule has 0 aliphatic heterocycles. The van der Waals surface area contributed by atoms with Crippen LogP contribution in [0.1, 0.15) is 24.5 Å². The standard InChI is InChI=1S/C17H20ClN/c1-14(10-11-15-6-3-2-4-7-15)19-13-16-8-5-9-17(18)12-16/h2-9,12,14,19H,10-11,13H2,1H3/t14-/m1/s1. The van der Waals surface area contributed by atoms with E-state index in [9.17, 15) is 0 Å². The van der Waals surface area contributed by atoms with Crippen molar-refractivity contribution in [2.24, 2.45) is 0 Å². The minimum atomic E-state index is 0.499. The van der Waals surface area contributed by atoms with Crippen molar-refractivity contribution in [1.29, 1.82) is 0 Å². The third-order valence-electron chi connectivity index (χ3n) is 3.25. The molecule has 0 bridgehead atoms. The molecule has 0 aromatic heterocycles. The van der Waals surface area contributed by atoms with Crippen LogP contribution in [0.5, 0.6) is 0 Å². The Morgan fingerprint density at radius 2 is 1.74 bits per heavy atom. The van der Waals surface area contributed by atoms with E-state index in [1.165, 1.54) is 11.1 Å². The molecule has 0 spiro atoms. The van der Waals surface area contributed by atoms with Crippen LogP contribution in [0, 0.1) is 0 Å². The fourth-order valence-corrected chi connectivity index (χ4v) is 2.28. The average Bonchev–Trinajstić information content (AvgIpc) is 2.44. The van der Waals surface area contributed by atoms with Crippen LogP contribution in [-0.4, -0.2) is 6.04 Å². The zero-order chi connectivity index (χ0) is 13.5. The van der Waals surface area contributed by atoms with Gasteiger partial charge in [-0.2, -0.15) is 0 Å². The Balaban J connectivity index is 1.74. The van der Waals surface area contributed by atoms with E-state index in [2.05, 4.69) is 48.6 Å². The van der Waals surface area contributed by atoms with Gasteiger partial charge in [-0.1, -0.05) is 54.1 Å². The molecule has 0 unspecified atom stereocenters. The number of nitrogens with one attached hydrogen (secondary N) is 1. The van der Waals surface area contributed by atoms with E-state index in [1.807, 2.05) is 18.2 Å². The van der Waals surface area contributed by atoms with Gasteiger partial charge in [-0.25, -0.2) is 0 Å². The van der Waals surface area contributed by atoms with Gasteiger partial charge in [0.25, 0.3) is 0 Å². The van der Waals surface area contributed by atoms with E-state index < -0.39 is 0 Å². The lowest BCUT2D eigenvalue weighted by atomic mass is 10.1. The molecular formula is C17H20ClN. The minimum absolute atomic E-state index is 0.499. The molecule has 19 heavy (non-hydrogen) atoms. The summed E-state index contributed by atoms with van der Waals surface area (Å²) >= 11 is 5.97. The SMILES string of the molecule is C[C@H](CCc1ccccc1)NCc1cccc(Cl)c1. The third-order valence-corrected chi connectivity index (χ3v) is 3.49. The lowest BCUT2D eigenvalue weighted by Gasteiger charge is -2.14. The van der Waals surface area contributed by atoms with Gasteiger partial charge in [-0.05, 0) is 43.0 Å². The summed E-state index contributed by atoms with van der Waals surface area (Å²) in [6, 6.07) is 19.1. The number of rotatable bonds is 6. The summed E-state index contributed by atoms with van der Waals surface area (Å²) in [5.41, 5.74) is 2.64. The van der Waals surface area contributed by atoms with Crippen molar-refractivity contribution in [3.8, 4) is 0 Å². The van der Waals surface area contributed by atoms with Crippen molar-refractivity contribution in [3.63, 3.8) is 0 Å². The van der Waals surface area contributed by atoms with Crippen LogP contribution in [0.2, 0.25) is 5.02 Å². The van der Waals surface area contributed by atoms with E-state index in [0.717, 1.165) is 24.4 Å². The molecule has 0 saturated carbocycles. The smallest absolute Gasteiger partial charge is 0.0409 e. The molecule has 2 aromatic carbocycles. The van der Waals surface area contributed by atoms with Crippen molar-refractivity contribution in [2.75, 3.05) is 0 Å². The van der Waals surface area contributed by atoms with Crippen LogP contribution in [0.25, 0.3) is 0 Å². The molecule has 0 aliphatic rings. The summed E-state index contributed by atoms with van der Waals surface area (Å²) in [5, 5.41) is 4.34. The zero-order valence-electron chi connectivity index (χ0n) is 11.3. The molecule has 1 N–H and O–H groups in total. The van der Waals surface area contributed by atoms with Gasteiger partial charge in [0.1, 0.15) is 0 Å². The van der Waals surface area contributed by atoms with Crippen molar-refractivity contribution in [3.05, 3.63) is 70.7 Å². The lowest BCUT2D eigenvalue weighted by molar-refractivity contribution is 0.514. The van der Waals surface area contributed by atoms with Gasteiger partial charge in [0, 0.05) is 17.6 Å². The maximum absolute atomic E-state index is 5.97. The van der Waals surface area contributed by atoms with Gasteiger partial charge in [-0.15, -0.1) is 0 Å². The monoisotopic (exact) mass is 273 g/mol. The number of hydrogen-bond donors (Lipinski definition) is 1. The predicted molar refractivity (Wildman–Crippen MR) is 82.5 cm³/mol. The molecule has 2 rings (SSSR count). The number of hydrogen-bond acceptors (Lipinski definition) is 1. The largest absolute Gasteiger partial charge is 0.310 e. The fraction of sp³-hybridized carbons (Fsp3) is 0.294. The highest BCUT2D eigenvalue weighted by molar-refractivity contribution is 6.30. The number of halogens is 1. The molecule has 0 saturated heterocycles. The highest BCUT2D eigenvalue weighted by Crippen LogP contribution is 2.11. The summed E-state index contributed by atoms with van der Waals surface area (Å²) in [5.74, 6) is 0. The Bertz CT molecular complexity index is 496. The minimum Gasteiger partial charge on any atom is -0.310 e. The first-order valence-electron chi connectivity index (χ1n) is 6.76. The second-order valence-corrected chi connectivity index (χ2v) is 5.37. The zero-order valence-corrected chi connectivity index (χ0v) is 12.0. The molecule has 2 heteroatoms. The molecule has 1 nitrogen and oxygen atoms in total. The summed E-state index contributed by atoms with van der Waals surface area (Å²) in [6.45, 7) is 3.10. The lowest BCUT2D eigenvalue weighted by Crippen LogP contribution is -2.25. The van der Waals surface area contributed by atoms with Gasteiger partial charge in [0.15, 0.2) is 0 Å². The maximum Gasteiger partial charge on any atom is 0.0409 e. The van der Waals surface area contributed by atoms with Crippen LogP contribution in [0.3, 0.4) is 0 Å². The van der Waals surface area contributed by atoms with Gasteiger partial charge in [-0.3, -0.25) is 0 Å². The van der Waals surface area contributed by atoms with E-state index >= 15 is 0 Å². The average molecular weight is 274 g/mol. The third kappa shape index (κ3) is 5.06. The topological polar surface area (TPSA) is 12.0 Å². The molecular weight excluding hydrogens is 254 g/mol. The molecule has 0 radical (unpaired) electrons. The van der Waals surface area contributed by atoms with Crippen LogP contribution < -0.4 is 5.32 Å². The Kier molecular flexibility index (Phi) is 5.44. The van der Waals surface area contributed by atoms with Gasteiger partial charge in [0.05, 0.1) is 0 Å². The molecule has 0 aliphatic carbocycles. The van der Waals surface area contributed by atoms with Gasteiger partial charge in [0.2, 0.25) is 0 Å². The summed E-state index contributed by atoms with van der Waals surface area (Å²) in [7, 11) is 0. The highest BCUT2D eigenvalue weighted by atomic mass is 35.5. The first kappa shape index (κ1) is 14.1. The second kappa shape index (κ2) is 7.32. The van der Waals surface area contributed by atoms with E-state index in [-0.39, 0.29) is 0 Å². The molecule has 1 atom stereocenters. The summed E-state index contributed by atoms with van der Waals surface area (Å²) < 4.78 is 0. The predicted octanol–water partition coefficient (Wildman–Crippen LogP) is 4.45. The molecule has 0 heterocycles. The second-order valence-electron chi connectivity index (χ2n) is 4.94. The number of benzene rings is 2. The Morgan fingerprint density at radius 3 is 2.47 bits per heavy atom. The van der Waals surface area contributed by atoms with Crippen LogP contribution in [-0.2, 0) is 13.0 Å². The Labute approximate surface area is 120 Å². The van der Waals surface area contributed by atoms with E-state index in [1.54, 1.807) is 0 Å². The molecule has 0 amide bonds. The van der Waals surface area contributed by atoms with Gasteiger partial charge < -0.3 is 5.32 Å². The van der Waals surface area contributed by atoms with Crippen molar-refractivity contribution < 1.29 is 0 Å². The summed E-state index contributed by atoms with van der Waals surface area (Å²) in [6.07, 6.45) is 2.26. The first-order chi connectivity index (χ1) is 9.24. The van der Waals surface area contributed by atoms with Crippen LogP contribution in [0.15, 0.2) is 54.6 Å². The van der Waals surface area contributed by atoms with Gasteiger partial charge >= 0.3 is 0 Å². The maximum atomic E-state index is 5.97. The van der Waals surface area contributed by atoms with Crippen molar-refractivity contribution >= 4 is 11.6 Å². The molecule has 0 fully saturated rings. The van der Waals surface area contributed by atoms with Crippen LogP contribution in [0.4, 0.5) is 0 Å².